The van der Waals surface area contributed by atoms with Gasteiger partial charge in [-0.15, -0.1) is 11.3 Å². The molecule has 6 nitrogen and oxygen atoms in total. The number of hydrogen-bond donors (Lipinski definition) is 1. The van der Waals surface area contributed by atoms with Crippen molar-refractivity contribution in [2.75, 3.05) is 32.1 Å². The van der Waals surface area contributed by atoms with E-state index < -0.39 is 0 Å². The molecule has 27 heavy (non-hydrogen) atoms. The summed E-state index contributed by atoms with van der Waals surface area (Å²) in [6.45, 7) is 5.73. The van der Waals surface area contributed by atoms with Crippen molar-refractivity contribution in [3.8, 4) is 0 Å². The van der Waals surface area contributed by atoms with E-state index in [2.05, 4.69) is 47.6 Å². The lowest BCUT2D eigenvalue weighted by molar-refractivity contribution is 0.470. The number of nitrogens with zero attached hydrogens (tertiary/aromatic N) is 5. The second-order valence-electron chi connectivity index (χ2n) is 7.04. The molecule has 2 aromatic heterocycles. The molecule has 1 fully saturated rings. The lowest BCUT2D eigenvalue weighted by Crippen LogP contribution is -2.38. The molecule has 0 aromatic carbocycles. The third-order valence-electron chi connectivity index (χ3n) is 4.83. The zero-order valence-corrected chi connectivity index (χ0v) is 17.4. The molecular weight excluding hydrogens is 356 g/mol. The van der Waals surface area contributed by atoms with Gasteiger partial charge in [0.25, 0.3) is 0 Å². The van der Waals surface area contributed by atoms with Gasteiger partial charge in [-0.1, -0.05) is 18.9 Å². The number of guanidine groups is 1. The molecule has 0 unspecified atom stereocenters. The van der Waals surface area contributed by atoms with Crippen LogP contribution in [-0.4, -0.2) is 48.0 Å². The van der Waals surface area contributed by atoms with Gasteiger partial charge >= 0.3 is 0 Å². The maximum atomic E-state index is 4.69. The van der Waals surface area contributed by atoms with Crippen molar-refractivity contribution < 1.29 is 0 Å². The summed E-state index contributed by atoms with van der Waals surface area (Å²) in [6, 6.07) is 4.31. The number of aryl methyl sites for hydroxylation is 1. The molecule has 1 N–H and O–H groups in total. The first-order valence-electron chi connectivity index (χ1n) is 9.68. The summed E-state index contributed by atoms with van der Waals surface area (Å²) in [4.78, 5) is 18.1. The highest BCUT2D eigenvalue weighted by Crippen LogP contribution is 2.17. The van der Waals surface area contributed by atoms with Crippen LogP contribution in [0.15, 0.2) is 28.7 Å². The van der Waals surface area contributed by atoms with Crippen molar-refractivity contribution in [1.29, 1.82) is 0 Å². The van der Waals surface area contributed by atoms with E-state index in [0.29, 0.717) is 6.54 Å². The van der Waals surface area contributed by atoms with Crippen LogP contribution in [0.25, 0.3) is 0 Å². The Morgan fingerprint density at radius 2 is 2.04 bits per heavy atom. The van der Waals surface area contributed by atoms with Crippen LogP contribution in [0.3, 0.4) is 0 Å². The van der Waals surface area contributed by atoms with E-state index in [1.165, 1.54) is 25.7 Å². The standard InChI is InChI=1S/C20H30N6S/c1-16-24-18(15-27-16)14-25(3)20(21-2)23-13-17-8-9-19(22-12-17)26-10-6-4-5-7-11-26/h8-9,12,15H,4-7,10-11,13-14H2,1-3H3,(H,21,23). The number of aliphatic imine (C=N–C) groups is 1. The largest absolute Gasteiger partial charge is 0.357 e. The van der Waals surface area contributed by atoms with Crippen molar-refractivity contribution in [1.82, 2.24) is 20.2 Å². The Hall–Kier alpha value is -2.15. The van der Waals surface area contributed by atoms with Gasteiger partial charge in [-0.2, -0.15) is 0 Å². The van der Waals surface area contributed by atoms with Crippen LogP contribution in [-0.2, 0) is 13.1 Å². The third-order valence-corrected chi connectivity index (χ3v) is 5.65. The van der Waals surface area contributed by atoms with Gasteiger partial charge in [0.05, 0.1) is 17.2 Å². The Morgan fingerprint density at radius 1 is 1.26 bits per heavy atom. The topological polar surface area (TPSA) is 56.7 Å². The predicted molar refractivity (Wildman–Crippen MR) is 113 cm³/mol. The first-order valence-corrected chi connectivity index (χ1v) is 10.6. The van der Waals surface area contributed by atoms with Crippen LogP contribution in [0.5, 0.6) is 0 Å². The molecule has 1 aliphatic heterocycles. The summed E-state index contributed by atoms with van der Waals surface area (Å²) in [7, 11) is 3.84. The molecule has 1 saturated heterocycles. The summed E-state index contributed by atoms with van der Waals surface area (Å²) < 4.78 is 0. The number of hydrogen-bond acceptors (Lipinski definition) is 5. The maximum Gasteiger partial charge on any atom is 0.194 e. The fourth-order valence-electron chi connectivity index (χ4n) is 3.37. The Balaban J connectivity index is 1.53. The van der Waals surface area contributed by atoms with Gasteiger partial charge in [0.15, 0.2) is 5.96 Å². The summed E-state index contributed by atoms with van der Waals surface area (Å²) in [6.07, 6.45) is 7.19. The molecular formula is C20H30N6S. The Morgan fingerprint density at radius 3 is 2.63 bits per heavy atom. The van der Waals surface area contributed by atoms with Crippen molar-refractivity contribution in [2.45, 2.75) is 45.7 Å². The van der Waals surface area contributed by atoms with E-state index in [0.717, 1.165) is 47.7 Å². The van der Waals surface area contributed by atoms with Gasteiger partial charge in [0.1, 0.15) is 5.82 Å². The molecule has 0 spiro atoms. The summed E-state index contributed by atoms with van der Waals surface area (Å²) in [5, 5.41) is 6.62. The van der Waals surface area contributed by atoms with E-state index in [1.54, 1.807) is 11.3 Å². The molecule has 3 heterocycles. The molecule has 3 rings (SSSR count). The van der Waals surface area contributed by atoms with Crippen molar-refractivity contribution in [3.05, 3.63) is 40.0 Å². The first-order chi connectivity index (χ1) is 13.2. The second kappa shape index (κ2) is 9.69. The summed E-state index contributed by atoms with van der Waals surface area (Å²) in [5.41, 5.74) is 2.24. The Kier molecular flexibility index (Phi) is 7.04. The van der Waals surface area contributed by atoms with Gasteiger partial charge in [-0.05, 0) is 31.4 Å². The third kappa shape index (κ3) is 5.66. The predicted octanol–water partition coefficient (Wildman–Crippen LogP) is 3.43. The summed E-state index contributed by atoms with van der Waals surface area (Å²) >= 11 is 1.68. The quantitative estimate of drug-likeness (QED) is 0.630. The van der Waals surface area contributed by atoms with E-state index in [9.17, 15) is 0 Å². The molecule has 1 aliphatic rings. The number of rotatable bonds is 5. The minimum Gasteiger partial charge on any atom is -0.357 e. The van der Waals surface area contributed by atoms with Gasteiger partial charge in [0, 0.05) is 45.3 Å². The van der Waals surface area contributed by atoms with Crippen LogP contribution in [0.2, 0.25) is 0 Å². The highest BCUT2D eigenvalue weighted by molar-refractivity contribution is 7.09. The molecule has 2 aromatic rings. The number of thiazole rings is 1. The highest BCUT2D eigenvalue weighted by atomic mass is 32.1. The van der Waals surface area contributed by atoms with Crippen molar-refractivity contribution in [2.24, 2.45) is 4.99 Å². The van der Waals surface area contributed by atoms with Crippen LogP contribution >= 0.6 is 11.3 Å². The van der Waals surface area contributed by atoms with Gasteiger partial charge < -0.3 is 15.1 Å². The fourth-order valence-corrected chi connectivity index (χ4v) is 3.98. The molecule has 0 radical (unpaired) electrons. The van der Waals surface area contributed by atoms with Gasteiger partial charge in [-0.25, -0.2) is 9.97 Å². The molecule has 0 aliphatic carbocycles. The number of aromatic nitrogens is 2. The lowest BCUT2D eigenvalue weighted by atomic mass is 10.2. The molecule has 0 saturated carbocycles. The van der Waals surface area contributed by atoms with Gasteiger partial charge in [0.2, 0.25) is 0 Å². The Labute approximate surface area is 166 Å². The van der Waals surface area contributed by atoms with Crippen LogP contribution < -0.4 is 10.2 Å². The van der Waals surface area contributed by atoms with Crippen molar-refractivity contribution in [3.63, 3.8) is 0 Å². The second-order valence-corrected chi connectivity index (χ2v) is 8.10. The normalized spacial score (nSPS) is 15.5. The molecule has 0 bridgehead atoms. The molecule has 7 heteroatoms. The number of anilines is 1. The summed E-state index contributed by atoms with van der Waals surface area (Å²) in [5.74, 6) is 1.96. The average Bonchev–Trinajstić information content (AvgIpc) is 2.92. The Bertz CT molecular complexity index is 731. The van der Waals surface area contributed by atoms with Crippen molar-refractivity contribution >= 4 is 23.1 Å². The van der Waals surface area contributed by atoms with E-state index >= 15 is 0 Å². The zero-order valence-electron chi connectivity index (χ0n) is 16.6. The average molecular weight is 387 g/mol. The minimum atomic E-state index is 0.709. The maximum absolute atomic E-state index is 4.69. The van der Waals surface area contributed by atoms with Crippen LogP contribution in [0.4, 0.5) is 5.82 Å². The molecule has 0 amide bonds. The van der Waals surface area contributed by atoms with E-state index in [4.69, 9.17) is 0 Å². The highest BCUT2D eigenvalue weighted by Gasteiger charge is 2.12. The number of pyridine rings is 1. The fraction of sp³-hybridized carbons (Fsp3) is 0.550. The first kappa shape index (κ1) is 19.6. The zero-order chi connectivity index (χ0) is 19.1. The minimum absolute atomic E-state index is 0.709. The smallest absolute Gasteiger partial charge is 0.194 e. The SMILES string of the molecule is CN=C(NCc1ccc(N2CCCCCC2)nc1)N(C)Cc1csc(C)n1. The van der Waals surface area contributed by atoms with E-state index in [1.807, 2.05) is 27.2 Å². The van der Waals surface area contributed by atoms with Crippen LogP contribution in [0, 0.1) is 6.92 Å². The molecule has 0 atom stereocenters. The molecule has 146 valence electrons. The van der Waals surface area contributed by atoms with E-state index in [-0.39, 0.29) is 0 Å². The lowest BCUT2D eigenvalue weighted by Gasteiger charge is -2.22. The monoisotopic (exact) mass is 386 g/mol. The number of nitrogens with one attached hydrogen (secondary N) is 1. The van der Waals surface area contributed by atoms with Gasteiger partial charge in [-0.3, -0.25) is 4.99 Å². The van der Waals surface area contributed by atoms with Crippen LogP contribution in [0.1, 0.15) is 41.9 Å².